The maximum Gasteiger partial charge on any atom is 0.248 e. The molecule has 1 rings (SSSR count). The quantitative estimate of drug-likeness (QED) is 0.641. The van der Waals surface area contributed by atoms with Crippen molar-refractivity contribution in [2.45, 2.75) is 6.92 Å². The maximum absolute atomic E-state index is 11.4. The van der Waals surface area contributed by atoms with Crippen molar-refractivity contribution >= 4 is 34.8 Å². The first-order valence-corrected chi connectivity index (χ1v) is 5.44. The summed E-state index contributed by atoms with van der Waals surface area (Å²) in [5, 5.41) is 3.63. The summed E-state index contributed by atoms with van der Waals surface area (Å²) in [5.74, 6) is -0.226. The van der Waals surface area contributed by atoms with Gasteiger partial charge in [0.2, 0.25) is 5.91 Å². The molecule has 0 fully saturated rings. The lowest BCUT2D eigenvalue weighted by atomic mass is 10.3. The summed E-state index contributed by atoms with van der Waals surface area (Å²) in [7, 11) is 0. The number of anilines is 1. The van der Waals surface area contributed by atoms with E-state index in [0.29, 0.717) is 15.7 Å². The van der Waals surface area contributed by atoms with Gasteiger partial charge in [-0.15, -0.1) is 0 Å². The third-order valence-electron chi connectivity index (χ3n) is 1.68. The molecule has 16 heavy (non-hydrogen) atoms. The number of allylic oxidation sites excluding steroid dienone is 3. The number of hydrogen-bond donors (Lipinski definition) is 1. The van der Waals surface area contributed by atoms with Gasteiger partial charge in [0, 0.05) is 21.8 Å². The van der Waals surface area contributed by atoms with Crippen LogP contribution in [0.4, 0.5) is 5.69 Å². The van der Waals surface area contributed by atoms with Crippen molar-refractivity contribution in [2.24, 2.45) is 0 Å². The SMILES string of the molecule is C/C=C/C=C/C(=O)Nc1cc(Cl)cc(Cl)c1. The normalized spacial score (nSPS) is 11.2. The fourth-order valence-electron chi connectivity index (χ4n) is 1.06. The van der Waals surface area contributed by atoms with E-state index in [2.05, 4.69) is 5.32 Å². The van der Waals surface area contributed by atoms with Crippen LogP contribution in [-0.4, -0.2) is 5.91 Å². The van der Waals surface area contributed by atoms with Crippen molar-refractivity contribution in [1.82, 2.24) is 0 Å². The van der Waals surface area contributed by atoms with Crippen LogP contribution in [0.5, 0.6) is 0 Å². The highest BCUT2D eigenvalue weighted by atomic mass is 35.5. The van der Waals surface area contributed by atoms with Gasteiger partial charge in [-0.25, -0.2) is 0 Å². The number of carbonyl (C=O) groups excluding carboxylic acids is 1. The molecule has 0 saturated carbocycles. The zero-order valence-electron chi connectivity index (χ0n) is 8.71. The first kappa shape index (κ1) is 12.8. The van der Waals surface area contributed by atoms with E-state index in [1.165, 1.54) is 6.08 Å². The molecule has 84 valence electrons. The molecule has 2 nitrogen and oxygen atoms in total. The van der Waals surface area contributed by atoms with Crippen LogP contribution in [0.3, 0.4) is 0 Å². The molecule has 0 spiro atoms. The second kappa shape index (κ2) is 6.36. The lowest BCUT2D eigenvalue weighted by molar-refractivity contribution is -0.111. The van der Waals surface area contributed by atoms with Crippen molar-refractivity contribution in [3.05, 3.63) is 52.5 Å². The monoisotopic (exact) mass is 255 g/mol. The van der Waals surface area contributed by atoms with Gasteiger partial charge in [0.1, 0.15) is 0 Å². The van der Waals surface area contributed by atoms with Gasteiger partial charge < -0.3 is 5.32 Å². The first-order chi connectivity index (χ1) is 7.61. The molecule has 0 bridgehead atoms. The van der Waals surface area contributed by atoms with Crippen LogP contribution in [0.2, 0.25) is 10.0 Å². The van der Waals surface area contributed by atoms with Gasteiger partial charge in [-0.3, -0.25) is 4.79 Å². The standard InChI is InChI=1S/C12H11Cl2NO/c1-2-3-4-5-12(16)15-11-7-9(13)6-10(14)8-11/h2-8H,1H3,(H,15,16)/b3-2+,5-4+. The number of halogens is 2. The molecule has 0 radical (unpaired) electrons. The Labute approximate surface area is 105 Å². The molecule has 0 atom stereocenters. The summed E-state index contributed by atoms with van der Waals surface area (Å²) in [4.78, 5) is 11.4. The Balaban J connectivity index is 2.69. The Morgan fingerprint density at radius 2 is 1.81 bits per heavy atom. The summed E-state index contributed by atoms with van der Waals surface area (Å²) in [6.07, 6.45) is 6.68. The van der Waals surface area contributed by atoms with E-state index in [-0.39, 0.29) is 5.91 Å². The molecule has 0 aromatic heterocycles. The zero-order chi connectivity index (χ0) is 12.0. The zero-order valence-corrected chi connectivity index (χ0v) is 10.2. The molecule has 0 unspecified atom stereocenters. The summed E-state index contributed by atoms with van der Waals surface area (Å²) < 4.78 is 0. The molecule has 0 heterocycles. The average molecular weight is 256 g/mol. The first-order valence-electron chi connectivity index (χ1n) is 4.68. The van der Waals surface area contributed by atoms with Crippen molar-refractivity contribution in [3.8, 4) is 0 Å². The number of hydrogen-bond acceptors (Lipinski definition) is 1. The van der Waals surface area contributed by atoms with Crippen molar-refractivity contribution in [2.75, 3.05) is 5.32 Å². The fraction of sp³-hybridized carbons (Fsp3) is 0.0833. The van der Waals surface area contributed by atoms with Crippen LogP contribution in [0.15, 0.2) is 42.5 Å². The highest BCUT2D eigenvalue weighted by molar-refractivity contribution is 6.35. The number of rotatable bonds is 3. The third-order valence-corrected chi connectivity index (χ3v) is 2.12. The van der Waals surface area contributed by atoms with E-state index < -0.39 is 0 Å². The van der Waals surface area contributed by atoms with Gasteiger partial charge in [-0.1, -0.05) is 41.4 Å². The molecule has 1 N–H and O–H groups in total. The number of carbonyl (C=O) groups is 1. The van der Waals surface area contributed by atoms with Crippen molar-refractivity contribution in [3.63, 3.8) is 0 Å². The molecule has 0 saturated heterocycles. The minimum absolute atomic E-state index is 0.226. The lowest BCUT2D eigenvalue weighted by Gasteiger charge is -2.03. The molecule has 0 aliphatic rings. The largest absolute Gasteiger partial charge is 0.322 e. The van der Waals surface area contributed by atoms with Gasteiger partial charge in [0.05, 0.1) is 0 Å². The molecule has 0 aliphatic heterocycles. The summed E-state index contributed by atoms with van der Waals surface area (Å²) in [5.41, 5.74) is 0.577. The van der Waals surface area contributed by atoms with E-state index in [4.69, 9.17) is 23.2 Å². The van der Waals surface area contributed by atoms with E-state index in [9.17, 15) is 4.79 Å². The molecular formula is C12H11Cl2NO. The van der Waals surface area contributed by atoms with Gasteiger partial charge in [0.15, 0.2) is 0 Å². The minimum Gasteiger partial charge on any atom is -0.322 e. The second-order valence-electron chi connectivity index (χ2n) is 3.03. The van der Waals surface area contributed by atoms with Crippen LogP contribution < -0.4 is 5.32 Å². The number of benzene rings is 1. The smallest absolute Gasteiger partial charge is 0.248 e. The Hall–Kier alpha value is -1.25. The van der Waals surface area contributed by atoms with Crippen LogP contribution in [0.25, 0.3) is 0 Å². The number of nitrogens with one attached hydrogen (secondary N) is 1. The van der Waals surface area contributed by atoms with Crippen LogP contribution in [0, 0.1) is 0 Å². The Morgan fingerprint density at radius 1 is 1.19 bits per heavy atom. The molecule has 1 aromatic rings. The third kappa shape index (κ3) is 4.51. The van der Waals surface area contributed by atoms with E-state index >= 15 is 0 Å². The van der Waals surface area contributed by atoms with E-state index in [0.717, 1.165) is 0 Å². The van der Waals surface area contributed by atoms with E-state index in [1.54, 1.807) is 30.4 Å². The van der Waals surface area contributed by atoms with Crippen LogP contribution >= 0.6 is 23.2 Å². The van der Waals surface area contributed by atoms with Crippen molar-refractivity contribution in [1.29, 1.82) is 0 Å². The molecule has 1 amide bonds. The second-order valence-corrected chi connectivity index (χ2v) is 3.91. The van der Waals surface area contributed by atoms with Crippen LogP contribution in [-0.2, 0) is 4.79 Å². The topological polar surface area (TPSA) is 29.1 Å². The Kier molecular flexibility index (Phi) is 5.09. The van der Waals surface area contributed by atoms with Crippen molar-refractivity contribution < 1.29 is 4.79 Å². The van der Waals surface area contributed by atoms with Crippen LogP contribution in [0.1, 0.15) is 6.92 Å². The summed E-state index contributed by atoms with van der Waals surface area (Å²) in [6, 6.07) is 4.87. The average Bonchev–Trinajstić information content (AvgIpc) is 2.16. The highest BCUT2D eigenvalue weighted by Crippen LogP contribution is 2.22. The highest BCUT2D eigenvalue weighted by Gasteiger charge is 2.00. The van der Waals surface area contributed by atoms with Gasteiger partial charge in [0.25, 0.3) is 0 Å². The lowest BCUT2D eigenvalue weighted by Crippen LogP contribution is -2.07. The van der Waals surface area contributed by atoms with E-state index in [1.807, 2.05) is 13.0 Å². The summed E-state index contributed by atoms with van der Waals surface area (Å²) in [6.45, 7) is 1.87. The fourth-order valence-corrected chi connectivity index (χ4v) is 1.59. The van der Waals surface area contributed by atoms with Gasteiger partial charge in [-0.05, 0) is 25.1 Å². The Morgan fingerprint density at radius 3 is 2.38 bits per heavy atom. The summed E-state index contributed by atoms with van der Waals surface area (Å²) >= 11 is 11.6. The molecule has 0 aliphatic carbocycles. The van der Waals surface area contributed by atoms with Gasteiger partial charge in [-0.2, -0.15) is 0 Å². The Bertz CT molecular complexity index is 418. The number of amides is 1. The predicted octanol–water partition coefficient (Wildman–Crippen LogP) is 4.06. The molecular weight excluding hydrogens is 245 g/mol. The molecule has 4 heteroatoms. The van der Waals surface area contributed by atoms with Gasteiger partial charge >= 0.3 is 0 Å². The predicted molar refractivity (Wildman–Crippen MR) is 69.0 cm³/mol. The molecule has 1 aromatic carbocycles. The maximum atomic E-state index is 11.4. The minimum atomic E-state index is -0.226.